The van der Waals surface area contributed by atoms with Gasteiger partial charge in [0, 0.05) is 30.5 Å². The first-order valence-corrected chi connectivity index (χ1v) is 10.7. The van der Waals surface area contributed by atoms with Crippen molar-refractivity contribution >= 4 is 5.91 Å². The maximum atomic E-state index is 12.4. The molecule has 5 N–H and O–H groups in total. The van der Waals surface area contributed by atoms with Gasteiger partial charge in [-0.15, -0.1) is 0 Å². The van der Waals surface area contributed by atoms with Gasteiger partial charge in [0.25, 0.3) is 0 Å². The first-order chi connectivity index (χ1) is 12.7. The molecule has 2 aliphatic carbocycles. The molecule has 4 rings (SSSR count). The minimum Gasteiger partial charge on any atom is -0.388 e. The summed E-state index contributed by atoms with van der Waals surface area (Å²) >= 11 is 0. The van der Waals surface area contributed by atoms with Crippen LogP contribution in [0.1, 0.15) is 64.2 Å². The van der Waals surface area contributed by atoms with Crippen LogP contribution in [0, 0.1) is 11.8 Å². The summed E-state index contributed by atoms with van der Waals surface area (Å²) in [6.45, 7) is 0.701. The Morgan fingerprint density at radius 1 is 1.00 bits per heavy atom. The lowest BCUT2D eigenvalue weighted by Gasteiger charge is -2.28. The van der Waals surface area contributed by atoms with Crippen LogP contribution in [0.15, 0.2) is 23.5 Å². The molecule has 2 aliphatic heterocycles. The van der Waals surface area contributed by atoms with E-state index in [1.807, 2.05) is 0 Å². The molecule has 0 aromatic heterocycles. The molecule has 5 nitrogen and oxygen atoms in total. The van der Waals surface area contributed by atoms with E-state index >= 15 is 0 Å². The van der Waals surface area contributed by atoms with Gasteiger partial charge in [-0.1, -0.05) is 25.7 Å². The van der Waals surface area contributed by atoms with Crippen LogP contribution in [-0.2, 0) is 4.79 Å². The molecule has 0 aromatic rings. The third-order valence-corrected chi connectivity index (χ3v) is 6.96. The van der Waals surface area contributed by atoms with Crippen molar-refractivity contribution in [3.63, 3.8) is 0 Å². The van der Waals surface area contributed by atoms with Crippen LogP contribution in [0.3, 0.4) is 0 Å². The fraction of sp³-hybridized carbons (Fsp3) is 0.762. The molecule has 0 radical (unpaired) electrons. The van der Waals surface area contributed by atoms with Gasteiger partial charge in [0.2, 0.25) is 5.91 Å². The highest BCUT2D eigenvalue weighted by Crippen LogP contribution is 2.36. The van der Waals surface area contributed by atoms with E-state index in [-0.39, 0.29) is 5.91 Å². The lowest BCUT2D eigenvalue weighted by atomic mass is 9.80. The van der Waals surface area contributed by atoms with Gasteiger partial charge in [-0.3, -0.25) is 4.79 Å². The molecule has 0 spiro atoms. The van der Waals surface area contributed by atoms with Gasteiger partial charge in [-0.05, 0) is 62.1 Å². The van der Waals surface area contributed by atoms with Crippen LogP contribution in [0.25, 0.3) is 0 Å². The average Bonchev–Trinajstić information content (AvgIpc) is 3.26. The highest BCUT2D eigenvalue weighted by Gasteiger charge is 2.33. The number of hydrogen-bond acceptors (Lipinski definition) is 4. The standard InChI is InChI=1S/C21H34N4O/c22-18(11-15-13-25-20-8-4-2-6-17(15)20)21(26)23-10-9-14-12-24-19-7-3-1-5-16(14)19/h12-13,16-20,24-25H,1-11,22H2,(H,23,26)/t16?,17?,18-,19?,20?/m0/s1. The first-order valence-electron chi connectivity index (χ1n) is 10.7. The van der Waals surface area contributed by atoms with E-state index in [2.05, 4.69) is 28.4 Å². The van der Waals surface area contributed by atoms with Crippen molar-refractivity contribution < 1.29 is 4.79 Å². The van der Waals surface area contributed by atoms with E-state index in [9.17, 15) is 4.79 Å². The summed E-state index contributed by atoms with van der Waals surface area (Å²) in [5.41, 5.74) is 9.05. The summed E-state index contributed by atoms with van der Waals surface area (Å²) in [6, 6.07) is 0.794. The predicted octanol–water partition coefficient (Wildman–Crippen LogP) is 2.30. The van der Waals surface area contributed by atoms with Crippen LogP contribution in [0.2, 0.25) is 0 Å². The molecule has 5 heteroatoms. The Kier molecular flexibility index (Phi) is 5.53. The molecular formula is C21H34N4O. The smallest absolute Gasteiger partial charge is 0.237 e. The van der Waals surface area contributed by atoms with E-state index < -0.39 is 6.04 Å². The van der Waals surface area contributed by atoms with Crippen molar-refractivity contribution in [3.05, 3.63) is 23.5 Å². The largest absolute Gasteiger partial charge is 0.388 e. The van der Waals surface area contributed by atoms with Crippen LogP contribution in [-0.4, -0.2) is 30.6 Å². The molecule has 5 atom stereocenters. The number of fused-ring (bicyclic) bond motifs is 2. The maximum Gasteiger partial charge on any atom is 0.237 e. The Labute approximate surface area is 157 Å². The summed E-state index contributed by atoms with van der Waals surface area (Å²) < 4.78 is 0. The lowest BCUT2D eigenvalue weighted by molar-refractivity contribution is -0.122. The van der Waals surface area contributed by atoms with Crippen molar-refractivity contribution in [1.82, 2.24) is 16.0 Å². The van der Waals surface area contributed by atoms with Gasteiger partial charge < -0.3 is 21.7 Å². The monoisotopic (exact) mass is 358 g/mol. The highest BCUT2D eigenvalue weighted by atomic mass is 16.2. The van der Waals surface area contributed by atoms with Crippen molar-refractivity contribution in [1.29, 1.82) is 0 Å². The van der Waals surface area contributed by atoms with Crippen LogP contribution < -0.4 is 21.7 Å². The molecule has 0 aromatic carbocycles. The number of nitrogens with one attached hydrogen (secondary N) is 3. The highest BCUT2D eigenvalue weighted by molar-refractivity contribution is 5.81. The van der Waals surface area contributed by atoms with Crippen molar-refractivity contribution in [2.24, 2.45) is 17.6 Å². The molecule has 0 saturated heterocycles. The Bertz CT molecular complexity index is 585. The molecule has 0 bridgehead atoms. The molecule has 2 heterocycles. The first kappa shape index (κ1) is 17.9. The molecular weight excluding hydrogens is 324 g/mol. The molecule has 4 aliphatic rings. The summed E-state index contributed by atoms with van der Waals surface area (Å²) in [4.78, 5) is 12.4. The number of nitrogens with two attached hydrogens (primary N) is 1. The van der Waals surface area contributed by atoms with E-state index in [0.29, 0.717) is 36.9 Å². The summed E-state index contributed by atoms with van der Waals surface area (Å²) in [5.74, 6) is 1.28. The fourth-order valence-electron chi connectivity index (χ4n) is 5.47. The molecule has 144 valence electrons. The zero-order chi connectivity index (χ0) is 17.9. The Morgan fingerprint density at radius 2 is 1.58 bits per heavy atom. The Hall–Kier alpha value is -1.49. The summed E-state index contributed by atoms with van der Waals surface area (Å²) in [7, 11) is 0. The quantitative estimate of drug-likeness (QED) is 0.587. The third-order valence-electron chi connectivity index (χ3n) is 6.96. The second-order valence-electron chi connectivity index (χ2n) is 8.62. The van der Waals surface area contributed by atoms with E-state index in [1.165, 1.54) is 62.5 Å². The van der Waals surface area contributed by atoms with Crippen molar-refractivity contribution in [2.75, 3.05) is 6.54 Å². The number of rotatable bonds is 6. The van der Waals surface area contributed by atoms with E-state index in [1.54, 1.807) is 0 Å². The van der Waals surface area contributed by atoms with Gasteiger partial charge in [0.15, 0.2) is 0 Å². The number of amides is 1. The predicted molar refractivity (Wildman–Crippen MR) is 104 cm³/mol. The number of carbonyl (C=O) groups is 1. The Balaban J connectivity index is 1.20. The minimum absolute atomic E-state index is 0.00286. The van der Waals surface area contributed by atoms with Crippen LogP contribution in [0.4, 0.5) is 0 Å². The van der Waals surface area contributed by atoms with Crippen LogP contribution >= 0.6 is 0 Å². The normalized spacial score (nSPS) is 33.9. The summed E-state index contributed by atoms with van der Waals surface area (Å²) in [5, 5.41) is 10.1. The molecule has 26 heavy (non-hydrogen) atoms. The zero-order valence-corrected chi connectivity index (χ0v) is 15.8. The zero-order valence-electron chi connectivity index (χ0n) is 15.8. The SMILES string of the molecule is N[C@@H](CC1=CNC2CCCCC12)C(=O)NCCC1=CNC2CCCCC12. The Morgan fingerprint density at radius 3 is 2.27 bits per heavy atom. The average molecular weight is 359 g/mol. The van der Waals surface area contributed by atoms with Gasteiger partial charge in [-0.25, -0.2) is 0 Å². The second-order valence-corrected chi connectivity index (χ2v) is 8.62. The fourth-order valence-corrected chi connectivity index (χ4v) is 5.47. The number of carbonyl (C=O) groups excluding carboxylic acids is 1. The van der Waals surface area contributed by atoms with Crippen molar-refractivity contribution in [2.45, 2.75) is 82.3 Å². The topological polar surface area (TPSA) is 79.2 Å². The van der Waals surface area contributed by atoms with Gasteiger partial charge in [0.05, 0.1) is 6.04 Å². The molecule has 4 unspecified atom stereocenters. The summed E-state index contributed by atoms with van der Waals surface area (Å²) in [6.07, 6.45) is 16.3. The van der Waals surface area contributed by atoms with E-state index in [4.69, 9.17) is 5.73 Å². The second kappa shape index (κ2) is 8.03. The lowest BCUT2D eigenvalue weighted by Crippen LogP contribution is -2.42. The minimum atomic E-state index is -0.429. The van der Waals surface area contributed by atoms with Crippen LogP contribution in [0.5, 0.6) is 0 Å². The van der Waals surface area contributed by atoms with Gasteiger partial charge in [0.1, 0.15) is 0 Å². The van der Waals surface area contributed by atoms with E-state index in [0.717, 1.165) is 6.42 Å². The van der Waals surface area contributed by atoms with Crippen molar-refractivity contribution in [3.8, 4) is 0 Å². The van der Waals surface area contributed by atoms with Gasteiger partial charge >= 0.3 is 0 Å². The third kappa shape index (κ3) is 3.78. The number of hydrogen-bond donors (Lipinski definition) is 4. The molecule has 2 saturated carbocycles. The molecule has 2 fully saturated rings. The maximum absolute atomic E-state index is 12.4. The van der Waals surface area contributed by atoms with Gasteiger partial charge in [-0.2, -0.15) is 0 Å². The molecule has 1 amide bonds.